The van der Waals surface area contributed by atoms with Crippen LogP contribution in [0, 0.1) is 0 Å². The minimum Gasteiger partial charge on any atom is -0.379 e. The summed E-state index contributed by atoms with van der Waals surface area (Å²) in [6, 6.07) is 12.8. The summed E-state index contributed by atoms with van der Waals surface area (Å²) < 4.78 is 6.46. The standard InChI is InChI=1S/C20H19Cl2N3O2S/c21-14-5-6-15(16(22)13-14)19(26)25(8-7-24-9-11-27-12-10-24)20-23-17-3-1-2-4-18(17)28-20/h1-6,13H,7-12H2. The van der Waals surface area contributed by atoms with Crippen molar-refractivity contribution in [3.05, 3.63) is 58.1 Å². The molecule has 0 bridgehead atoms. The van der Waals surface area contributed by atoms with E-state index >= 15 is 0 Å². The highest BCUT2D eigenvalue weighted by Crippen LogP contribution is 2.31. The summed E-state index contributed by atoms with van der Waals surface area (Å²) in [6.45, 7) is 4.44. The van der Waals surface area contributed by atoms with Gasteiger partial charge in [0.25, 0.3) is 5.91 Å². The third-order valence-corrected chi connectivity index (χ3v) is 6.27. The van der Waals surface area contributed by atoms with E-state index in [1.54, 1.807) is 23.1 Å². The SMILES string of the molecule is O=C(c1ccc(Cl)cc1Cl)N(CCN1CCOCC1)c1nc2ccccc2s1. The van der Waals surface area contributed by atoms with E-state index in [1.165, 1.54) is 11.3 Å². The second-order valence-corrected chi connectivity index (χ2v) is 8.35. The smallest absolute Gasteiger partial charge is 0.261 e. The number of hydrogen-bond acceptors (Lipinski definition) is 5. The Labute approximate surface area is 177 Å². The zero-order valence-electron chi connectivity index (χ0n) is 15.1. The molecule has 2 heterocycles. The summed E-state index contributed by atoms with van der Waals surface area (Å²) in [5, 5.41) is 1.52. The van der Waals surface area contributed by atoms with Gasteiger partial charge >= 0.3 is 0 Å². The highest BCUT2D eigenvalue weighted by molar-refractivity contribution is 7.22. The molecule has 1 saturated heterocycles. The van der Waals surface area contributed by atoms with Gasteiger partial charge in [0.2, 0.25) is 0 Å². The lowest BCUT2D eigenvalue weighted by Crippen LogP contribution is -2.43. The zero-order valence-corrected chi connectivity index (χ0v) is 17.4. The van der Waals surface area contributed by atoms with Crippen molar-refractivity contribution in [3.63, 3.8) is 0 Å². The fraction of sp³-hybridized carbons (Fsp3) is 0.300. The van der Waals surface area contributed by atoms with Crippen molar-refractivity contribution in [2.75, 3.05) is 44.3 Å². The van der Waals surface area contributed by atoms with Crippen molar-refractivity contribution in [1.29, 1.82) is 0 Å². The van der Waals surface area contributed by atoms with Crippen LogP contribution < -0.4 is 4.90 Å². The topological polar surface area (TPSA) is 45.7 Å². The predicted octanol–water partition coefficient (Wildman–Crippen LogP) is 4.58. The molecule has 0 aliphatic carbocycles. The number of para-hydroxylation sites is 1. The Morgan fingerprint density at radius 2 is 1.96 bits per heavy atom. The number of anilines is 1. The molecule has 1 aromatic heterocycles. The monoisotopic (exact) mass is 435 g/mol. The third-order valence-electron chi connectivity index (χ3n) is 4.66. The first-order valence-corrected chi connectivity index (χ1v) is 10.6. The normalized spacial score (nSPS) is 15.1. The van der Waals surface area contributed by atoms with Gasteiger partial charge in [0, 0.05) is 31.2 Å². The number of carbonyl (C=O) groups is 1. The number of nitrogens with zero attached hydrogens (tertiary/aromatic N) is 3. The Bertz CT molecular complexity index is 955. The molecule has 0 spiro atoms. The summed E-state index contributed by atoms with van der Waals surface area (Å²) >= 11 is 13.8. The number of benzene rings is 2. The highest BCUT2D eigenvalue weighted by atomic mass is 35.5. The number of halogens is 2. The number of ether oxygens (including phenoxy) is 1. The van der Waals surface area contributed by atoms with Crippen molar-refractivity contribution in [2.24, 2.45) is 0 Å². The first-order chi connectivity index (χ1) is 13.6. The third kappa shape index (κ3) is 4.31. The van der Waals surface area contributed by atoms with Crippen molar-refractivity contribution in [2.45, 2.75) is 0 Å². The van der Waals surface area contributed by atoms with E-state index in [0.717, 1.165) is 43.1 Å². The van der Waals surface area contributed by atoms with Crippen molar-refractivity contribution >= 4 is 55.8 Å². The van der Waals surface area contributed by atoms with E-state index in [4.69, 9.17) is 27.9 Å². The molecule has 0 unspecified atom stereocenters. The fourth-order valence-electron chi connectivity index (χ4n) is 3.13. The van der Waals surface area contributed by atoms with Crippen molar-refractivity contribution in [1.82, 2.24) is 9.88 Å². The predicted molar refractivity (Wildman–Crippen MR) is 115 cm³/mol. The average molecular weight is 436 g/mol. The largest absolute Gasteiger partial charge is 0.379 e. The molecule has 0 N–H and O–H groups in total. The summed E-state index contributed by atoms with van der Waals surface area (Å²) in [4.78, 5) is 22.0. The first kappa shape index (κ1) is 19.6. The van der Waals surface area contributed by atoms with Gasteiger partial charge in [0.1, 0.15) is 0 Å². The first-order valence-electron chi connectivity index (χ1n) is 9.04. The van der Waals surface area contributed by atoms with Crippen LogP contribution in [-0.4, -0.2) is 55.2 Å². The molecular formula is C20H19Cl2N3O2S. The lowest BCUT2D eigenvalue weighted by molar-refractivity contribution is 0.0391. The van der Waals surface area contributed by atoms with Gasteiger partial charge < -0.3 is 4.74 Å². The Kier molecular flexibility index (Phi) is 6.13. The van der Waals surface area contributed by atoms with Gasteiger partial charge in [-0.2, -0.15) is 0 Å². The average Bonchev–Trinajstić information content (AvgIpc) is 3.12. The van der Waals surface area contributed by atoms with Crippen LogP contribution in [0.2, 0.25) is 10.0 Å². The fourth-order valence-corrected chi connectivity index (χ4v) is 4.61. The Hall–Kier alpha value is -1.70. The minimum atomic E-state index is -0.172. The van der Waals surface area contributed by atoms with E-state index in [9.17, 15) is 4.79 Å². The number of hydrogen-bond donors (Lipinski definition) is 0. The van der Waals surface area contributed by atoms with Crippen LogP contribution in [0.5, 0.6) is 0 Å². The molecule has 0 atom stereocenters. The maximum atomic E-state index is 13.3. The Balaban J connectivity index is 1.64. The van der Waals surface area contributed by atoms with Gasteiger partial charge in [-0.1, -0.05) is 46.7 Å². The van der Waals surface area contributed by atoms with E-state index < -0.39 is 0 Å². The number of morpholine rings is 1. The molecular weight excluding hydrogens is 417 g/mol. The molecule has 146 valence electrons. The molecule has 8 heteroatoms. The molecule has 1 aliphatic heterocycles. The molecule has 1 aliphatic rings. The molecule has 4 rings (SSSR count). The van der Waals surface area contributed by atoms with Crippen LogP contribution in [-0.2, 0) is 4.74 Å². The Morgan fingerprint density at radius 3 is 2.71 bits per heavy atom. The summed E-state index contributed by atoms with van der Waals surface area (Å²) in [5.41, 5.74) is 1.31. The quantitative estimate of drug-likeness (QED) is 0.588. The van der Waals surface area contributed by atoms with E-state index in [-0.39, 0.29) is 5.91 Å². The van der Waals surface area contributed by atoms with Gasteiger partial charge in [0.05, 0.1) is 34.0 Å². The molecule has 3 aromatic rings. The molecule has 1 fully saturated rings. The van der Waals surface area contributed by atoms with Crippen molar-refractivity contribution < 1.29 is 9.53 Å². The van der Waals surface area contributed by atoms with Crippen LogP contribution in [0.1, 0.15) is 10.4 Å². The summed E-state index contributed by atoms with van der Waals surface area (Å²) in [5.74, 6) is -0.172. The zero-order chi connectivity index (χ0) is 19.5. The lowest BCUT2D eigenvalue weighted by atomic mass is 10.2. The van der Waals surface area contributed by atoms with Crippen molar-refractivity contribution in [3.8, 4) is 0 Å². The maximum absolute atomic E-state index is 13.3. The molecule has 1 amide bonds. The van der Waals surface area contributed by atoms with E-state index in [1.807, 2.05) is 24.3 Å². The van der Waals surface area contributed by atoms with Crippen LogP contribution >= 0.6 is 34.5 Å². The van der Waals surface area contributed by atoms with Crippen LogP contribution in [0.3, 0.4) is 0 Å². The highest BCUT2D eigenvalue weighted by Gasteiger charge is 2.24. The van der Waals surface area contributed by atoms with Gasteiger partial charge in [0.15, 0.2) is 5.13 Å². The minimum absolute atomic E-state index is 0.172. The number of carbonyl (C=O) groups excluding carboxylic acids is 1. The molecule has 0 saturated carbocycles. The Morgan fingerprint density at radius 1 is 1.18 bits per heavy atom. The molecule has 2 aromatic carbocycles. The second-order valence-electron chi connectivity index (χ2n) is 6.50. The van der Waals surface area contributed by atoms with Gasteiger partial charge in [-0.15, -0.1) is 0 Å². The van der Waals surface area contributed by atoms with Crippen LogP contribution in [0.25, 0.3) is 10.2 Å². The van der Waals surface area contributed by atoms with Gasteiger partial charge in [-0.3, -0.25) is 14.6 Å². The van der Waals surface area contributed by atoms with Crippen LogP contribution in [0.4, 0.5) is 5.13 Å². The second kappa shape index (κ2) is 8.76. The van der Waals surface area contributed by atoms with E-state index in [2.05, 4.69) is 9.88 Å². The number of thiazole rings is 1. The van der Waals surface area contributed by atoms with E-state index in [0.29, 0.717) is 27.3 Å². The summed E-state index contributed by atoms with van der Waals surface area (Å²) in [6.07, 6.45) is 0. The number of amides is 1. The number of fused-ring (bicyclic) bond motifs is 1. The lowest BCUT2D eigenvalue weighted by Gasteiger charge is -2.29. The molecule has 28 heavy (non-hydrogen) atoms. The van der Waals surface area contributed by atoms with Gasteiger partial charge in [-0.25, -0.2) is 4.98 Å². The number of rotatable bonds is 5. The van der Waals surface area contributed by atoms with Gasteiger partial charge in [-0.05, 0) is 30.3 Å². The van der Waals surface area contributed by atoms with Crippen LogP contribution in [0.15, 0.2) is 42.5 Å². The molecule has 5 nitrogen and oxygen atoms in total. The summed E-state index contributed by atoms with van der Waals surface area (Å²) in [7, 11) is 0. The number of aromatic nitrogens is 1. The molecule has 0 radical (unpaired) electrons. The maximum Gasteiger partial charge on any atom is 0.261 e.